The first-order valence-corrected chi connectivity index (χ1v) is 10.8. The van der Waals surface area contributed by atoms with E-state index in [0.29, 0.717) is 37.1 Å². The third-order valence-corrected chi connectivity index (χ3v) is 5.66. The third kappa shape index (κ3) is 4.61. The number of rotatable bonds is 4. The molecule has 2 atom stereocenters. The molecule has 1 amide bonds. The van der Waals surface area contributed by atoms with Gasteiger partial charge in [0.15, 0.2) is 6.10 Å². The number of para-hydroxylation sites is 1. The van der Waals surface area contributed by atoms with Crippen molar-refractivity contribution in [2.24, 2.45) is 0 Å². The van der Waals surface area contributed by atoms with Gasteiger partial charge in [-0.1, -0.05) is 18.2 Å². The number of nitrogens with zero attached hydrogens (tertiary/aromatic N) is 2. The number of benzene rings is 1. The van der Waals surface area contributed by atoms with Gasteiger partial charge >= 0.3 is 5.97 Å². The molecule has 1 aromatic carbocycles. The van der Waals surface area contributed by atoms with E-state index in [-0.39, 0.29) is 12.5 Å². The molecule has 0 saturated carbocycles. The minimum Gasteiger partial charge on any atom is -0.467 e. The van der Waals surface area contributed by atoms with Crippen molar-refractivity contribution < 1.29 is 23.5 Å². The molecule has 2 aromatic rings. The zero-order valence-corrected chi connectivity index (χ0v) is 18.6. The molecule has 1 fully saturated rings. The molecule has 7 nitrogen and oxygen atoms in total. The predicted octanol–water partition coefficient (Wildman–Crippen LogP) is 3.41. The second-order valence-corrected chi connectivity index (χ2v) is 9.21. The second kappa shape index (κ2) is 8.38. The number of hydrogen-bond acceptors (Lipinski definition) is 6. The lowest BCUT2D eigenvalue weighted by Gasteiger charge is -2.33. The van der Waals surface area contributed by atoms with Gasteiger partial charge < -0.3 is 23.7 Å². The van der Waals surface area contributed by atoms with Gasteiger partial charge in [0.25, 0.3) is 5.91 Å². The quantitative estimate of drug-likeness (QED) is 0.698. The molecule has 2 aliphatic rings. The Hall–Kier alpha value is -2.80. The van der Waals surface area contributed by atoms with Crippen molar-refractivity contribution in [3.05, 3.63) is 53.5 Å². The van der Waals surface area contributed by atoms with Gasteiger partial charge in [0.2, 0.25) is 0 Å². The van der Waals surface area contributed by atoms with E-state index in [9.17, 15) is 9.59 Å². The fourth-order valence-electron chi connectivity index (χ4n) is 4.19. The number of furan rings is 1. The summed E-state index contributed by atoms with van der Waals surface area (Å²) in [6.07, 6.45) is 1.75. The van der Waals surface area contributed by atoms with Crippen molar-refractivity contribution in [1.82, 2.24) is 4.90 Å². The van der Waals surface area contributed by atoms with Crippen LogP contribution in [0.15, 0.2) is 41.0 Å². The summed E-state index contributed by atoms with van der Waals surface area (Å²) in [6.45, 7) is 9.01. The normalized spacial score (nSPS) is 21.2. The maximum absolute atomic E-state index is 13.3. The number of ether oxygens (including phenoxy) is 2. The highest BCUT2D eigenvalue weighted by molar-refractivity contribution is 5.95. The summed E-state index contributed by atoms with van der Waals surface area (Å²) < 4.78 is 16.7. The van der Waals surface area contributed by atoms with E-state index in [2.05, 4.69) is 30.0 Å². The van der Waals surface area contributed by atoms with Crippen LogP contribution in [0.25, 0.3) is 0 Å². The van der Waals surface area contributed by atoms with E-state index >= 15 is 0 Å². The van der Waals surface area contributed by atoms with Crippen LogP contribution in [0, 0.1) is 0 Å². The molecule has 0 aliphatic carbocycles. The highest BCUT2D eigenvalue weighted by atomic mass is 16.6. The summed E-state index contributed by atoms with van der Waals surface area (Å²) in [5.74, 6) is 0.0366. The minimum atomic E-state index is -0.780. The highest BCUT2D eigenvalue weighted by Gasteiger charge is 2.34. The van der Waals surface area contributed by atoms with Crippen molar-refractivity contribution in [3.63, 3.8) is 0 Å². The summed E-state index contributed by atoms with van der Waals surface area (Å²) in [6, 6.07) is 10.4. The number of amides is 1. The first kappa shape index (κ1) is 21.4. The molecule has 166 valence electrons. The maximum atomic E-state index is 13.3. The number of carbonyl (C=O) groups is 2. The molecule has 2 unspecified atom stereocenters. The van der Waals surface area contributed by atoms with Gasteiger partial charge in [-0.3, -0.25) is 4.79 Å². The first-order valence-electron chi connectivity index (χ1n) is 10.8. The molecule has 2 aliphatic heterocycles. The van der Waals surface area contributed by atoms with Crippen LogP contribution in [0.2, 0.25) is 0 Å². The molecule has 1 aromatic heterocycles. The summed E-state index contributed by atoms with van der Waals surface area (Å²) >= 11 is 0. The average Bonchev–Trinajstić information content (AvgIpc) is 3.31. The summed E-state index contributed by atoms with van der Waals surface area (Å²) in [7, 11) is 0. The van der Waals surface area contributed by atoms with E-state index in [0.717, 1.165) is 6.42 Å². The Bertz CT molecular complexity index is 961. The number of carbonyl (C=O) groups excluding carboxylic acids is 2. The van der Waals surface area contributed by atoms with Gasteiger partial charge in [-0.15, -0.1) is 0 Å². The molecular formula is C24H30N2O5. The number of esters is 1. The van der Waals surface area contributed by atoms with Gasteiger partial charge in [0.05, 0.1) is 31.5 Å². The van der Waals surface area contributed by atoms with E-state index in [4.69, 9.17) is 13.9 Å². The standard InChI is InChI=1S/C24H30N2O5/c1-16-13-17-7-5-6-8-19(17)26(16)15-20-18(9-11-29-20)22(27)25-10-12-30-21(14-25)23(28)31-24(2,3)4/h5-9,11,16,21H,10,12-15H2,1-4H3. The van der Waals surface area contributed by atoms with Crippen LogP contribution in [-0.2, 0) is 27.2 Å². The van der Waals surface area contributed by atoms with Crippen LogP contribution in [0.4, 0.5) is 5.69 Å². The lowest BCUT2D eigenvalue weighted by Crippen LogP contribution is -2.50. The fourth-order valence-corrected chi connectivity index (χ4v) is 4.19. The molecule has 3 heterocycles. The van der Waals surface area contributed by atoms with Gasteiger partial charge in [-0.25, -0.2) is 4.79 Å². The van der Waals surface area contributed by atoms with Gasteiger partial charge in [-0.2, -0.15) is 0 Å². The molecule has 4 rings (SSSR count). The Morgan fingerprint density at radius 2 is 1.97 bits per heavy atom. The number of fused-ring (bicyclic) bond motifs is 1. The number of hydrogen-bond donors (Lipinski definition) is 0. The highest BCUT2D eigenvalue weighted by Crippen LogP contribution is 2.33. The van der Waals surface area contributed by atoms with Crippen molar-refractivity contribution in [3.8, 4) is 0 Å². The van der Waals surface area contributed by atoms with Crippen molar-refractivity contribution in [2.45, 2.75) is 58.4 Å². The van der Waals surface area contributed by atoms with Gasteiger partial charge in [-0.05, 0) is 51.8 Å². The zero-order chi connectivity index (χ0) is 22.2. The lowest BCUT2D eigenvalue weighted by molar-refractivity contribution is -0.172. The number of morpholine rings is 1. The summed E-state index contributed by atoms with van der Waals surface area (Å²) in [4.78, 5) is 29.6. The molecule has 7 heteroatoms. The molecule has 0 bridgehead atoms. The van der Waals surface area contributed by atoms with Crippen molar-refractivity contribution >= 4 is 17.6 Å². The van der Waals surface area contributed by atoms with Crippen LogP contribution in [0.1, 0.15) is 49.4 Å². The second-order valence-electron chi connectivity index (χ2n) is 9.21. The predicted molar refractivity (Wildman–Crippen MR) is 116 cm³/mol. The third-order valence-electron chi connectivity index (χ3n) is 5.66. The maximum Gasteiger partial charge on any atom is 0.337 e. The Morgan fingerprint density at radius 1 is 1.19 bits per heavy atom. The fraction of sp³-hybridized carbons (Fsp3) is 0.500. The minimum absolute atomic E-state index is 0.152. The van der Waals surface area contributed by atoms with Crippen LogP contribution < -0.4 is 4.90 Å². The Balaban J connectivity index is 1.47. The molecule has 0 radical (unpaired) electrons. The van der Waals surface area contributed by atoms with Crippen LogP contribution >= 0.6 is 0 Å². The van der Waals surface area contributed by atoms with E-state index in [1.165, 1.54) is 11.3 Å². The van der Waals surface area contributed by atoms with E-state index in [1.807, 2.05) is 26.8 Å². The van der Waals surface area contributed by atoms with E-state index < -0.39 is 17.7 Å². The molecule has 0 N–H and O–H groups in total. The zero-order valence-electron chi connectivity index (χ0n) is 18.6. The smallest absolute Gasteiger partial charge is 0.337 e. The average molecular weight is 427 g/mol. The molecule has 31 heavy (non-hydrogen) atoms. The molecular weight excluding hydrogens is 396 g/mol. The van der Waals surface area contributed by atoms with Crippen LogP contribution in [-0.4, -0.2) is 54.2 Å². The van der Waals surface area contributed by atoms with Gasteiger partial charge in [0.1, 0.15) is 11.4 Å². The number of anilines is 1. The molecule has 0 spiro atoms. The monoisotopic (exact) mass is 426 g/mol. The largest absolute Gasteiger partial charge is 0.467 e. The van der Waals surface area contributed by atoms with Crippen molar-refractivity contribution in [2.75, 3.05) is 24.6 Å². The summed E-state index contributed by atoms with van der Waals surface area (Å²) in [5, 5.41) is 0. The lowest BCUT2D eigenvalue weighted by atomic mass is 10.1. The topological polar surface area (TPSA) is 72.2 Å². The Kier molecular flexibility index (Phi) is 5.79. The Labute approximate surface area is 182 Å². The van der Waals surface area contributed by atoms with Crippen LogP contribution in [0.3, 0.4) is 0 Å². The summed E-state index contributed by atoms with van der Waals surface area (Å²) in [5.41, 5.74) is 2.41. The SMILES string of the molecule is CC1Cc2ccccc2N1Cc1occc1C(=O)N1CCOC(C(=O)OC(C)(C)C)C1. The van der Waals surface area contributed by atoms with Crippen molar-refractivity contribution in [1.29, 1.82) is 0 Å². The first-order chi connectivity index (χ1) is 14.7. The van der Waals surface area contributed by atoms with E-state index in [1.54, 1.807) is 17.2 Å². The molecule has 1 saturated heterocycles. The Morgan fingerprint density at radius 3 is 2.74 bits per heavy atom. The van der Waals surface area contributed by atoms with Crippen LogP contribution in [0.5, 0.6) is 0 Å². The van der Waals surface area contributed by atoms with Gasteiger partial charge in [0, 0.05) is 18.3 Å².